The average Bonchev–Trinajstić information content (AvgIpc) is 2.78. The quantitative estimate of drug-likeness (QED) is 0.788. The number of nitrogen functional groups attached to an aromatic ring is 1. The highest BCUT2D eigenvalue weighted by atomic mass is 19.1. The van der Waals surface area contributed by atoms with Crippen LogP contribution in [0.15, 0.2) is 6.07 Å². The van der Waals surface area contributed by atoms with E-state index in [1.807, 2.05) is 6.92 Å². The van der Waals surface area contributed by atoms with Crippen LogP contribution in [0.5, 0.6) is 0 Å². The fraction of sp³-hybridized carbons (Fsp3) is 0.692. The molecule has 1 aromatic rings. The first kappa shape index (κ1) is 13.2. The summed E-state index contributed by atoms with van der Waals surface area (Å²) < 4.78 is 19.2. The summed E-state index contributed by atoms with van der Waals surface area (Å²) in [7, 11) is 0. The Morgan fingerprint density at radius 2 is 2.35 bits per heavy atom. The molecule has 3 rings (SSSR count). The van der Waals surface area contributed by atoms with Gasteiger partial charge in [-0.1, -0.05) is 0 Å². The fourth-order valence-corrected chi connectivity index (χ4v) is 2.61. The predicted molar refractivity (Wildman–Crippen MR) is 70.9 cm³/mol. The molecule has 20 heavy (non-hydrogen) atoms. The van der Waals surface area contributed by atoms with Gasteiger partial charge < -0.3 is 15.8 Å². The average molecular weight is 282 g/mol. The molecule has 0 saturated heterocycles. The molecule has 3 atom stereocenters. The Bertz CT molecular complexity index is 514. The van der Waals surface area contributed by atoms with Crippen LogP contribution in [0, 0.1) is 0 Å². The van der Waals surface area contributed by atoms with E-state index in [0.717, 1.165) is 18.5 Å². The summed E-state index contributed by atoms with van der Waals surface area (Å²) in [6.45, 7) is 1.95. The normalized spacial score (nSPS) is 31.0. The van der Waals surface area contributed by atoms with Crippen LogP contribution in [0.3, 0.4) is 0 Å². The van der Waals surface area contributed by atoms with Crippen LogP contribution in [0.25, 0.3) is 0 Å². The highest BCUT2D eigenvalue weighted by molar-refractivity contribution is 5.69. The molecular weight excluding hydrogens is 263 g/mol. The lowest BCUT2D eigenvalue weighted by Gasteiger charge is -2.17. The molecule has 0 radical (unpaired) electrons. The second-order valence-electron chi connectivity index (χ2n) is 6.06. The third kappa shape index (κ3) is 2.71. The van der Waals surface area contributed by atoms with Gasteiger partial charge in [0.05, 0.1) is 0 Å². The molecule has 7 heteroatoms. The summed E-state index contributed by atoms with van der Waals surface area (Å²) in [5.41, 5.74) is 6.18. The number of carbonyl (C=O) groups excluding carboxylic acids is 1. The van der Waals surface area contributed by atoms with E-state index in [1.165, 1.54) is 0 Å². The SMILES string of the molecule is CC1(NC(=O)O[C@H]2C[C@@H](c3cc(N)n[nH]3)C[C@H]2F)CC1. The first-order valence-electron chi connectivity index (χ1n) is 6.89. The van der Waals surface area contributed by atoms with Gasteiger partial charge in [-0.3, -0.25) is 5.10 Å². The van der Waals surface area contributed by atoms with Gasteiger partial charge in [0.2, 0.25) is 0 Å². The van der Waals surface area contributed by atoms with Crippen molar-refractivity contribution in [3.05, 3.63) is 11.8 Å². The Morgan fingerprint density at radius 3 is 2.95 bits per heavy atom. The first-order chi connectivity index (χ1) is 9.45. The second-order valence-corrected chi connectivity index (χ2v) is 6.06. The van der Waals surface area contributed by atoms with E-state index < -0.39 is 18.4 Å². The highest BCUT2D eigenvalue weighted by Crippen LogP contribution is 2.38. The van der Waals surface area contributed by atoms with Gasteiger partial charge in [-0.05, 0) is 32.6 Å². The number of nitrogens with two attached hydrogens (primary N) is 1. The lowest BCUT2D eigenvalue weighted by Crippen LogP contribution is -2.38. The van der Waals surface area contributed by atoms with E-state index in [0.29, 0.717) is 18.7 Å². The molecule has 2 fully saturated rings. The molecular formula is C13H19FN4O2. The molecule has 4 N–H and O–H groups in total. The predicted octanol–water partition coefficient (Wildman–Crippen LogP) is 1.85. The second kappa shape index (κ2) is 4.64. The lowest BCUT2D eigenvalue weighted by molar-refractivity contribution is 0.0583. The summed E-state index contributed by atoms with van der Waals surface area (Å²) in [5, 5.41) is 9.40. The summed E-state index contributed by atoms with van der Waals surface area (Å²) in [5.74, 6) is 0.350. The third-order valence-corrected chi connectivity index (χ3v) is 4.15. The Morgan fingerprint density at radius 1 is 1.60 bits per heavy atom. The number of anilines is 1. The van der Waals surface area contributed by atoms with Crippen LogP contribution in [-0.2, 0) is 4.74 Å². The van der Waals surface area contributed by atoms with Gasteiger partial charge in [-0.2, -0.15) is 5.10 Å². The molecule has 2 aliphatic carbocycles. The number of halogens is 1. The number of aromatic nitrogens is 2. The van der Waals surface area contributed by atoms with E-state index in [9.17, 15) is 9.18 Å². The molecule has 1 heterocycles. The van der Waals surface area contributed by atoms with Gasteiger partial charge in [-0.15, -0.1) is 0 Å². The Hall–Kier alpha value is -1.79. The molecule has 110 valence electrons. The van der Waals surface area contributed by atoms with E-state index in [2.05, 4.69) is 15.5 Å². The number of H-pyrrole nitrogens is 1. The zero-order valence-electron chi connectivity index (χ0n) is 11.4. The number of carbonyl (C=O) groups is 1. The van der Waals surface area contributed by atoms with E-state index in [4.69, 9.17) is 10.5 Å². The van der Waals surface area contributed by atoms with Crippen LogP contribution >= 0.6 is 0 Å². The van der Waals surface area contributed by atoms with Gasteiger partial charge in [0.25, 0.3) is 0 Å². The van der Waals surface area contributed by atoms with Crippen molar-refractivity contribution < 1.29 is 13.9 Å². The number of nitrogens with zero attached hydrogens (tertiary/aromatic N) is 1. The Balaban J connectivity index is 1.56. The molecule has 0 aliphatic heterocycles. The maximum atomic E-state index is 14.0. The van der Waals surface area contributed by atoms with Crippen molar-refractivity contribution in [2.24, 2.45) is 0 Å². The van der Waals surface area contributed by atoms with Crippen LogP contribution in [0.4, 0.5) is 15.0 Å². The Labute approximate surface area is 116 Å². The number of hydrogen-bond donors (Lipinski definition) is 3. The van der Waals surface area contributed by atoms with Gasteiger partial charge >= 0.3 is 6.09 Å². The van der Waals surface area contributed by atoms with Crippen LogP contribution in [-0.4, -0.2) is 34.1 Å². The zero-order chi connectivity index (χ0) is 14.3. The molecule has 2 aliphatic rings. The largest absolute Gasteiger partial charge is 0.443 e. The minimum Gasteiger partial charge on any atom is -0.443 e. The van der Waals surface area contributed by atoms with Gasteiger partial charge in [0.15, 0.2) is 0 Å². The van der Waals surface area contributed by atoms with Crippen molar-refractivity contribution in [1.82, 2.24) is 15.5 Å². The van der Waals surface area contributed by atoms with E-state index >= 15 is 0 Å². The van der Waals surface area contributed by atoms with E-state index in [1.54, 1.807) is 6.07 Å². The van der Waals surface area contributed by atoms with Crippen LogP contribution < -0.4 is 11.1 Å². The minimum absolute atomic E-state index is 0.0379. The van der Waals surface area contributed by atoms with Crippen LogP contribution in [0.2, 0.25) is 0 Å². The number of hydrogen-bond acceptors (Lipinski definition) is 4. The number of alkyl carbamates (subject to hydrolysis) is 1. The molecule has 6 nitrogen and oxygen atoms in total. The topological polar surface area (TPSA) is 93.0 Å². The number of ether oxygens (including phenoxy) is 1. The number of rotatable bonds is 3. The summed E-state index contributed by atoms with van der Waals surface area (Å²) in [6, 6.07) is 1.70. The highest BCUT2D eigenvalue weighted by Gasteiger charge is 2.42. The summed E-state index contributed by atoms with van der Waals surface area (Å²) in [4.78, 5) is 11.7. The number of aromatic amines is 1. The standard InChI is InChI=1S/C13H19FN4O2/c1-13(2-3-13)16-12(19)20-10-5-7(4-8(10)14)9-6-11(15)18-17-9/h6-8,10H,2-5H2,1H3,(H,16,19)(H3,15,17,18)/t7-,8+,10-/m0/s1. The fourth-order valence-electron chi connectivity index (χ4n) is 2.61. The zero-order valence-corrected chi connectivity index (χ0v) is 11.4. The van der Waals surface area contributed by atoms with Crippen molar-refractivity contribution in [3.63, 3.8) is 0 Å². The van der Waals surface area contributed by atoms with Crippen molar-refractivity contribution in [2.45, 2.75) is 56.3 Å². The number of alkyl halides is 1. The lowest BCUT2D eigenvalue weighted by atomic mass is 10.0. The molecule has 0 bridgehead atoms. The molecule has 0 aromatic carbocycles. The third-order valence-electron chi connectivity index (χ3n) is 4.15. The number of amides is 1. The first-order valence-corrected chi connectivity index (χ1v) is 6.89. The van der Waals surface area contributed by atoms with Crippen molar-refractivity contribution in [2.75, 3.05) is 5.73 Å². The molecule has 1 amide bonds. The number of nitrogens with one attached hydrogen (secondary N) is 2. The van der Waals surface area contributed by atoms with Crippen molar-refractivity contribution >= 4 is 11.9 Å². The molecule has 0 spiro atoms. The molecule has 0 unspecified atom stereocenters. The Kier molecular flexibility index (Phi) is 3.07. The van der Waals surface area contributed by atoms with Gasteiger partial charge in [0.1, 0.15) is 18.1 Å². The van der Waals surface area contributed by atoms with Crippen LogP contribution in [0.1, 0.15) is 44.2 Å². The summed E-state index contributed by atoms with van der Waals surface area (Å²) >= 11 is 0. The minimum atomic E-state index is -1.15. The van der Waals surface area contributed by atoms with Gasteiger partial charge in [-0.25, -0.2) is 9.18 Å². The van der Waals surface area contributed by atoms with E-state index in [-0.39, 0.29) is 11.5 Å². The maximum absolute atomic E-state index is 14.0. The maximum Gasteiger partial charge on any atom is 0.407 e. The molecule has 1 aromatic heterocycles. The smallest absolute Gasteiger partial charge is 0.407 e. The molecule has 2 saturated carbocycles. The monoisotopic (exact) mass is 282 g/mol. The van der Waals surface area contributed by atoms with Gasteiger partial charge in [0, 0.05) is 23.2 Å². The summed E-state index contributed by atoms with van der Waals surface area (Å²) in [6.07, 6.45) is 0.282. The van der Waals surface area contributed by atoms with Crippen molar-refractivity contribution in [1.29, 1.82) is 0 Å². The van der Waals surface area contributed by atoms with Crippen molar-refractivity contribution in [3.8, 4) is 0 Å².